The molecule has 0 aromatic heterocycles. The molecule has 0 heterocycles. The van der Waals surface area contributed by atoms with Crippen molar-refractivity contribution >= 4 is 0 Å². The van der Waals surface area contributed by atoms with Crippen molar-refractivity contribution in [3.05, 3.63) is 24.3 Å². The van der Waals surface area contributed by atoms with Gasteiger partial charge in [-0.2, -0.15) is 0 Å². The Morgan fingerprint density at radius 1 is 1.13 bits per heavy atom. The van der Waals surface area contributed by atoms with E-state index in [-0.39, 0.29) is 5.41 Å². The molecule has 2 unspecified atom stereocenters. The van der Waals surface area contributed by atoms with Gasteiger partial charge in [-0.1, -0.05) is 31.6 Å². The largest absolute Gasteiger partial charge is 0.390 e. The van der Waals surface area contributed by atoms with E-state index < -0.39 is 12.2 Å². The number of allylic oxidation sites excluding steroid dienone is 2. The van der Waals surface area contributed by atoms with E-state index in [0.29, 0.717) is 23.7 Å². The standard InChI is InChI=1S/C21H32O2/c1-4-13-6-8-16-15-7-5-14-11-18(22)19(23)12-21(14,3)17(15)9-10-20(13,16)2/h4-5,13,15-19,22-23H,1,6-12H2,2-3H3/t13-,15-,16-,17-,18?,19?,20+,21-/m0/s1. The lowest BCUT2D eigenvalue weighted by molar-refractivity contribution is -0.0832. The number of hydrogen-bond acceptors (Lipinski definition) is 2. The summed E-state index contributed by atoms with van der Waals surface area (Å²) >= 11 is 0. The third-order valence-corrected chi connectivity index (χ3v) is 8.49. The highest BCUT2D eigenvalue weighted by molar-refractivity contribution is 5.26. The predicted octanol–water partition coefficient (Wildman–Crippen LogP) is 4.08. The fourth-order valence-electron chi connectivity index (χ4n) is 7.12. The van der Waals surface area contributed by atoms with Crippen LogP contribution < -0.4 is 0 Å². The maximum Gasteiger partial charge on any atom is 0.0836 e. The van der Waals surface area contributed by atoms with Gasteiger partial charge in [-0.05, 0) is 79.4 Å². The van der Waals surface area contributed by atoms with Crippen molar-refractivity contribution in [3.8, 4) is 0 Å². The summed E-state index contributed by atoms with van der Waals surface area (Å²) in [6, 6.07) is 0. The Labute approximate surface area is 140 Å². The van der Waals surface area contributed by atoms with Crippen molar-refractivity contribution in [2.24, 2.45) is 34.5 Å². The molecule has 0 bridgehead atoms. The highest BCUT2D eigenvalue weighted by atomic mass is 16.3. The monoisotopic (exact) mass is 316 g/mol. The minimum atomic E-state index is -0.559. The van der Waals surface area contributed by atoms with E-state index in [1.54, 1.807) is 0 Å². The molecule has 23 heavy (non-hydrogen) atoms. The van der Waals surface area contributed by atoms with E-state index >= 15 is 0 Å². The first-order valence-corrected chi connectivity index (χ1v) is 9.58. The first-order chi connectivity index (χ1) is 10.9. The number of rotatable bonds is 1. The van der Waals surface area contributed by atoms with E-state index in [2.05, 4.69) is 32.6 Å². The highest BCUT2D eigenvalue weighted by Gasteiger charge is 2.58. The minimum Gasteiger partial charge on any atom is -0.390 e. The highest BCUT2D eigenvalue weighted by Crippen LogP contribution is 2.66. The molecule has 2 N–H and O–H groups in total. The van der Waals surface area contributed by atoms with Gasteiger partial charge in [0.05, 0.1) is 12.2 Å². The summed E-state index contributed by atoms with van der Waals surface area (Å²) in [6.07, 6.45) is 11.4. The summed E-state index contributed by atoms with van der Waals surface area (Å²) < 4.78 is 0. The molecule has 2 nitrogen and oxygen atoms in total. The van der Waals surface area contributed by atoms with Gasteiger partial charge >= 0.3 is 0 Å². The Kier molecular flexibility index (Phi) is 3.59. The van der Waals surface area contributed by atoms with Crippen LogP contribution in [0.15, 0.2) is 24.3 Å². The lowest BCUT2D eigenvalue weighted by Crippen LogP contribution is -2.52. The molecule has 0 amide bonds. The van der Waals surface area contributed by atoms with Gasteiger partial charge in [0.25, 0.3) is 0 Å². The maximum atomic E-state index is 10.3. The second-order valence-corrected chi connectivity index (χ2v) is 9.27. The molecule has 0 aliphatic heterocycles. The summed E-state index contributed by atoms with van der Waals surface area (Å²) in [6.45, 7) is 8.98. The average Bonchev–Trinajstić information content (AvgIpc) is 2.85. The Morgan fingerprint density at radius 2 is 1.91 bits per heavy atom. The zero-order valence-corrected chi connectivity index (χ0v) is 14.7. The average molecular weight is 316 g/mol. The van der Waals surface area contributed by atoms with Gasteiger partial charge in [-0.15, -0.1) is 6.58 Å². The van der Waals surface area contributed by atoms with E-state index in [1.807, 2.05) is 0 Å². The van der Waals surface area contributed by atoms with Crippen LogP contribution in [0.3, 0.4) is 0 Å². The fraction of sp³-hybridized carbons (Fsp3) is 0.810. The van der Waals surface area contributed by atoms with Crippen LogP contribution in [0.4, 0.5) is 0 Å². The maximum absolute atomic E-state index is 10.3. The van der Waals surface area contributed by atoms with E-state index in [4.69, 9.17) is 0 Å². The molecule has 0 radical (unpaired) electrons. The Hall–Kier alpha value is -0.600. The van der Waals surface area contributed by atoms with Crippen LogP contribution in [-0.2, 0) is 0 Å². The van der Waals surface area contributed by atoms with E-state index in [1.165, 1.54) is 37.7 Å². The van der Waals surface area contributed by atoms with Crippen LogP contribution in [0.5, 0.6) is 0 Å². The van der Waals surface area contributed by atoms with Crippen LogP contribution in [-0.4, -0.2) is 22.4 Å². The number of fused-ring (bicyclic) bond motifs is 5. The molecule has 3 saturated carbocycles. The van der Waals surface area contributed by atoms with Gasteiger partial charge in [0.1, 0.15) is 0 Å². The Balaban J connectivity index is 1.68. The summed E-state index contributed by atoms with van der Waals surface area (Å²) in [5.41, 5.74) is 1.98. The van der Waals surface area contributed by atoms with Gasteiger partial charge in [-0.3, -0.25) is 0 Å². The van der Waals surface area contributed by atoms with E-state index in [0.717, 1.165) is 18.3 Å². The molecule has 0 aromatic carbocycles. The zero-order chi connectivity index (χ0) is 16.4. The third-order valence-electron chi connectivity index (χ3n) is 8.49. The molecular formula is C21H32O2. The minimum absolute atomic E-state index is 0.106. The SMILES string of the molecule is C=C[C@H]1CC[C@H]2[C@@H]3CC=C4CC(O)C(O)C[C@]4(C)[C@H]3CC[C@]12C. The lowest BCUT2D eigenvalue weighted by Gasteiger charge is -2.58. The molecule has 3 fully saturated rings. The molecule has 4 aliphatic rings. The summed E-state index contributed by atoms with van der Waals surface area (Å²) in [4.78, 5) is 0. The van der Waals surface area contributed by atoms with Gasteiger partial charge in [0.2, 0.25) is 0 Å². The van der Waals surface area contributed by atoms with E-state index in [9.17, 15) is 10.2 Å². The predicted molar refractivity (Wildman–Crippen MR) is 92.8 cm³/mol. The fourth-order valence-corrected chi connectivity index (χ4v) is 7.12. The topological polar surface area (TPSA) is 40.5 Å². The molecule has 0 aromatic rings. The Morgan fingerprint density at radius 3 is 2.65 bits per heavy atom. The van der Waals surface area contributed by atoms with Crippen molar-refractivity contribution in [2.45, 2.75) is 71.0 Å². The van der Waals surface area contributed by atoms with Crippen molar-refractivity contribution < 1.29 is 10.2 Å². The van der Waals surface area contributed by atoms with Crippen molar-refractivity contribution in [2.75, 3.05) is 0 Å². The van der Waals surface area contributed by atoms with Crippen LogP contribution in [0.25, 0.3) is 0 Å². The Bertz CT molecular complexity index is 538. The second kappa shape index (κ2) is 5.20. The number of aliphatic hydroxyl groups is 2. The number of aliphatic hydroxyl groups excluding tert-OH is 2. The summed E-state index contributed by atoms with van der Waals surface area (Å²) in [5, 5.41) is 20.4. The summed E-state index contributed by atoms with van der Waals surface area (Å²) in [7, 11) is 0. The van der Waals surface area contributed by atoms with Crippen molar-refractivity contribution in [1.82, 2.24) is 0 Å². The number of hydrogen-bond donors (Lipinski definition) is 2. The molecule has 0 saturated heterocycles. The van der Waals surface area contributed by atoms with Gasteiger partial charge in [-0.25, -0.2) is 0 Å². The molecular weight excluding hydrogens is 284 g/mol. The molecule has 0 spiro atoms. The first-order valence-electron chi connectivity index (χ1n) is 9.58. The van der Waals surface area contributed by atoms with Gasteiger partial charge < -0.3 is 10.2 Å². The van der Waals surface area contributed by atoms with Crippen molar-refractivity contribution in [1.29, 1.82) is 0 Å². The smallest absolute Gasteiger partial charge is 0.0836 e. The van der Waals surface area contributed by atoms with Crippen LogP contribution >= 0.6 is 0 Å². The molecule has 8 atom stereocenters. The van der Waals surface area contributed by atoms with Crippen LogP contribution in [0, 0.1) is 34.5 Å². The van der Waals surface area contributed by atoms with Crippen LogP contribution in [0.1, 0.15) is 58.8 Å². The summed E-state index contributed by atoms with van der Waals surface area (Å²) in [5.74, 6) is 2.94. The normalized spacial score (nSPS) is 55.4. The van der Waals surface area contributed by atoms with Crippen LogP contribution in [0.2, 0.25) is 0 Å². The van der Waals surface area contributed by atoms with Crippen molar-refractivity contribution in [3.63, 3.8) is 0 Å². The molecule has 4 aliphatic carbocycles. The molecule has 128 valence electrons. The van der Waals surface area contributed by atoms with Gasteiger partial charge in [0.15, 0.2) is 0 Å². The quantitative estimate of drug-likeness (QED) is 0.716. The second-order valence-electron chi connectivity index (χ2n) is 9.27. The third kappa shape index (κ3) is 2.07. The lowest BCUT2D eigenvalue weighted by atomic mass is 9.47. The van der Waals surface area contributed by atoms with Gasteiger partial charge in [0, 0.05) is 0 Å². The first kappa shape index (κ1) is 15.9. The molecule has 4 rings (SSSR count). The zero-order valence-electron chi connectivity index (χ0n) is 14.7. The molecule has 2 heteroatoms.